The molecule has 1 saturated carbocycles. The fourth-order valence-corrected chi connectivity index (χ4v) is 1.52. The minimum Gasteiger partial charge on any atom is -0.389 e. The molecule has 0 bridgehead atoms. The largest absolute Gasteiger partial charge is 0.389 e. The number of aliphatic hydroxyl groups is 1. The van der Waals surface area contributed by atoms with E-state index in [0.717, 1.165) is 0 Å². The summed E-state index contributed by atoms with van der Waals surface area (Å²) in [5, 5.41) is 9.48. The predicted molar refractivity (Wildman–Crippen MR) is 38.3 cm³/mol. The highest BCUT2D eigenvalue weighted by Crippen LogP contribution is 2.40. The van der Waals surface area contributed by atoms with E-state index in [2.05, 4.69) is 0 Å². The first-order valence-corrected chi connectivity index (χ1v) is 3.88. The maximum absolute atomic E-state index is 12.7. The van der Waals surface area contributed by atoms with E-state index in [1.54, 1.807) is 6.92 Å². The lowest BCUT2D eigenvalue weighted by Crippen LogP contribution is -2.40. The minimum absolute atomic E-state index is 0.0802. The summed E-state index contributed by atoms with van der Waals surface area (Å²) in [6.07, 6.45) is 1.87. The molecule has 3 heteroatoms. The van der Waals surface area contributed by atoms with Gasteiger partial charge in [-0.15, -0.1) is 0 Å². The molecule has 0 heterocycles. The summed E-state index contributed by atoms with van der Waals surface area (Å²) in [6, 6.07) is 0. The molecule has 1 aliphatic rings. The molecule has 0 amide bonds. The number of hydrogen-bond donors (Lipinski definition) is 1. The third-order valence-corrected chi connectivity index (χ3v) is 2.25. The molecule has 0 spiro atoms. The maximum atomic E-state index is 12.7. The van der Waals surface area contributed by atoms with Gasteiger partial charge in [0.15, 0.2) is 0 Å². The van der Waals surface area contributed by atoms with Gasteiger partial charge in [0.2, 0.25) is 0 Å². The van der Waals surface area contributed by atoms with Gasteiger partial charge in [0.1, 0.15) is 0 Å². The first-order chi connectivity index (χ1) is 4.97. The van der Waals surface area contributed by atoms with Crippen molar-refractivity contribution in [2.45, 2.75) is 44.1 Å². The molecular weight excluding hydrogens is 150 g/mol. The fraction of sp³-hybridized carbons (Fsp3) is 0.875. The second-order valence-corrected chi connectivity index (χ2v) is 3.28. The number of rotatable bonds is 1. The molecule has 0 aromatic carbocycles. The van der Waals surface area contributed by atoms with Crippen molar-refractivity contribution in [3.8, 4) is 0 Å². The lowest BCUT2D eigenvalue weighted by molar-refractivity contribution is -0.110. The van der Waals surface area contributed by atoms with E-state index in [1.807, 2.05) is 0 Å². The van der Waals surface area contributed by atoms with Crippen molar-refractivity contribution < 1.29 is 13.9 Å². The smallest absolute Gasteiger partial charge is 0.250 e. The van der Waals surface area contributed by atoms with Crippen molar-refractivity contribution in [3.05, 3.63) is 6.42 Å². The van der Waals surface area contributed by atoms with Crippen LogP contribution in [-0.2, 0) is 0 Å². The van der Waals surface area contributed by atoms with Gasteiger partial charge >= 0.3 is 0 Å². The van der Waals surface area contributed by atoms with E-state index in [9.17, 15) is 13.9 Å². The first kappa shape index (κ1) is 8.91. The van der Waals surface area contributed by atoms with Crippen LogP contribution in [0.4, 0.5) is 8.78 Å². The van der Waals surface area contributed by atoms with Crippen molar-refractivity contribution in [1.82, 2.24) is 0 Å². The fourth-order valence-electron chi connectivity index (χ4n) is 1.52. The lowest BCUT2D eigenvalue weighted by Gasteiger charge is -2.35. The number of hydrogen-bond acceptors (Lipinski definition) is 1. The third-order valence-electron chi connectivity index (χ3n) is 2.25. The Hall–Kier alpha value is -0.180. The van der Waals surface area contributed by atoms with Crippen molar-refractivity contribution >= 4 is 0 Å². The van der Waals surface area contributed by atoms with Crippen LogP contribution in [0.15, 0.2) is 0 Å². The molecule has 1 rings (SSSR count). The second kappa shape index (κ2) is 2.70. The van der Waals surface area contributed by atoms with E-state index < -0.39 is 17.9 Å². The van der Waals surface area contributed by atoms with Crippen molar-refractivity contribution in [3.63, 3.8) is 0 Å². The van der Waals surface area contributed by atoms with Crippen LogP contribution in [0.2, 0.25) is 0 Å². The van der Waals surface area contributed by atoms with Gasteiger partial charge in [0, 0.05) is 12.8 Å². The van der Waals surface area contributed by atoms with Crippen LogP contribution in [0, 0.1) is 6.42 Å². The van der Waals surface area contributed by atoms with Crippen LogP contribution in [0.3, 0.4) is 0 Å². The topological polar surface area (TPSA) is 20.2 Å². The highest BCUT2D eigenvalue weighted by molar-refractivity contribution is 4.97. The van der Waals surface area contributed by atoms with Gasteiger partial charge in [-0.05, 0) is 19.3 Å². The van der Waals surface area contributed by atoms with Gasteiger partial charge in [-0.1, -0.05) is 6.92 Å². The van der Waals surface area contributed by atoms with Crippen molar-refractivity contribution in [2.24, 2.45) is 0 Å². The molecule has 0 aromatic heterocycles. The molecule has 1 fully saturated rings. The summed E-state index contributed by atoms with van der Waals surface area (Å²) < 4.78 is 25.4. The van der Waals surface area contributed by atoms with Crippen molar-refractivity contribution in [1.29, 1.82) is 0 Å². The van der Waals surface area contributed by atoms with E-state index in [0.29, 0.717) is 12.8 Å². The zero-order valence-corrected chi connectivity index (χ0v) is 6.61. The van der Waals surface area contributed by atoms with Crippen molar-refractivity contribution in [2.75, 3.05) is 0 Å². The predicted octanol–water partition coefficient (Wildman–Crippen LogP) is 2.15. The quantitative estimate of drug-likeness (QED) is 0.628. The van der Waals surface area contributed by atoms with E-state index >= 15 is 0 Å². The highest BCUT2D eigenvalue weighted by Gasteiger charge is 2.43. The van der Waals surface area contributed by atoms with Gasteiger partial charge in [0.05, 0.1) is 5.60 Å². The molecule has 1 unspecified atom stereocenters. The number of halogens is 2. The summed E-state index contributed by atoms with van der Waals surface area (Å²) in [5.74, 6) is -2.67. The molecular formula is C8H13F2O. The lowest BCUT2D eigenvalue weighted by atomic mass is 9.81. The molecule has 0 aliphatic heterocycles. The Labute approximate surface area is 65.4 Å². The van der Waals surface area contributed by atoms with Crippen LogP contribution in [0.1, 0.15) is 32.6 Å². The van der Waals surface area contributed by atoms with Crippen LogP contribution in [-0.4, -0.2) is 16.6 Å². The summed E-state index contributed by atoms with van der Waals surface area (Å²) in [4.78, 5) is 0. The third kappa shape index (κ3) is 2.12. The molecule has 1 atom stereocenters. The van der Waals surface area contributed by atoms with Crippen LogP contribution in [0.5, 0.6) is 0 Å². The zero-order chi connectivity index (χ0) is 8.54. The van der Waals surface area contributed by atoms with Crippen LogP contribution >= 0.6 is 0 Å². The molecule has 65 valence electrons. The Morgan fingerprint density at radius 3 is 2.36 bits per heavy atom. The normalized spacial score (nSPS) is 37.1. The molecule has 1 N–H and O–H groups in total. The zero-order valence-electron chi connectivity index (χ0n) is 6.61. The summed E-state index contributed by atoms with van der Waals surface area (Å²) in [7, 11) is 0. The van der Waals surface area contributed by atoms with Crippen LogP contribution < -0.4 is 0 Å². The van der Waals surface area contributed by atoms with Gasteiger partial charge in [-0.3, -0.25) is 0 Å². The van der Waals surface area contributed by atoms with E-state index in [1.165, 1.54) is 6.42 Å². The average molecular weight is 163 g/mol. The summed E-state index contributed by atoms with van der Waals surface area (Å²) in [5.41, 5.74) is -1.22. The monoisotopic (exact) mass is 163 g/mol. The Morgan fingerprint density at radius 2 is 2.00 bits per heavy atom. The molecule has 1 radical (unpaired) electrons. The molecule has 0 saturated heterocycles. The minimum atomic E-state index is -2.67. The van der Waals surface area contributed by atoms with Crippen LogP contribution in [0.25, 0.3) is 0 Å². The maximum Gasteiger partial charge on any atom is 0.250 e. The molecule has 1 aliphatic carbocycles. The first-order valence-electron chi connectivity index (χ1n) is 3.88. The Kier molecular flexibility index (Phi) is 2.19. The van der Waals surface area contributed by atoms with E-state index in [-0.39, 0.29) is 6.42 Å². The van der Waals surface area contributed by atoms with Gasteiger partial charge in [-0.2, -0.15) is 0 Å². The van der Waals surface area contributed by atoms with Gasteiger partial charge in [0.25, 0.3) is 5.92 Å². The molecule has 1 nitrogen and oxygen atoms in total. The highest BCUT2D eigenvalue weighted by atomic mass is 19.3. The van der Waals surface area contributed by atoms with Gasteiger partial charge < -0.3 is 5.11 Å². The summed E-state index contributed by atoms with van der Waals surface area (Å²) in [6.45, 7) is 1.63. The standard InChI is InChI=1S/C8H13F2O/c1-2-7(11)4-3-5-8(9,10)6-7/h2,11H,3-6H2,1H3. The molecule has 0 aromatic rings. The van der Waals surface area contributed by atoms with Gasteiger partial charge in [-0.25, -0.2) is 8.78 Å². The molecule has 11 heavy (non-hydrogen) atoms. The second-order valence-electron chi connectivity index (χ2n) is 3.28. The Morgan fingerprint density at radius 1 is 1.36 bits per heavy atom. The Bertz CT molecular complexity index is 147. The SMILES string of the molecule is C[CH]C1(O)CCCC(F)(F)C1. The Balaban J connectivity index is 2.59. The van der Waals surface area contributed by atoms with E-state index in [4.69, 9.17) is 0 Å². The number of alkyl halides is 2. The summed E-state index contributed by atoms with van der Waals surface area (Å²) >= 11 is 0. The average Bonchev–Trinajstić information content (AvgIpc) is 1.85.